The van der Waals surface area contributed by atoms with E-state index in [1.165, 1.54) is 22.3 Å². The molecule has 140 valence electrons. The minimum atomic E-state index is 0. The number of hydrogen-bond donors (Lipinski definition) is 1. The van der Waals surface area contributed by atoms with E-state index in [0.717, 1.165) is 36.0 Å². The topological polar surface area (TPSA) is 49.0 Å². The third-order valence-corrected chi connectivity index (χ3v) is 5.38. The van der Waals surface area contributed by atoms with E-state index in [9.17, 15) is 0 Å². The number of nitrogens with one attached hydrogen (secondary N) is 1. The minimum absolute atomic E-state index is 0. The molecular weight excluding hydrogens is 354 g/mol. The van der Waals surface area contributed by atoms with Gasteiger partial charge in [0.1, 0.15) is 23.0 Å². The molecule has 2 aliphatic heterocycles. The lowest BCUT2D eigenvalue weighted by atomic mass is 9.83. The van der Waals surface area contributed by atoms with Crippen LogP contribution in [0.4, 0.5) is 0 Å². The number of ether oxygens (including phenoxy) is 4. The molecule has 5 nitrogen and oxygen atoms in total. The lowest BCUT2D eigenvalue weighted by Crippen LogP contribution is -2.32. The third kappa shape index (κ3) is 2.58. The van der Waals surface area contributed by atoms with Crippen molar-refractivity contribution in [3.63, 3.8) is 0 Å². The van der Waals surface area contributed by atoms with E-state index in [-0.39, 0.29) is 24.4 Å². The van der Waals surface area contributed by atoms with Gasteiger partial charge in [0.05, 0.1) is 28.4 Å². The summed E-state index contributed by atoms with van der Waals surface area (Å²) in [5.41, 5.74) is 4.75. The Morgan fingerprint density at radius 1 is 0.731 bits per heavy atom. The van der Waals surface area contributed by atoms with Gasteiger partial charge in [-0.1, -0.05) is 0 Å². The average molecular weight is 378 g/mol. The Hall–Kier alpha value is -2.11. The highest BCUT2D eigenvalue weighted by atomic mass is 35.5. The van der Waals surface area contributed by atoms with Gasteiger partial charge in [-0.2, -0.15) is 0 Å². The van der Waals surface area contributed by atoms with Crippen LogP contribution in [-0.4, -0.2) is 35.0 Å². The first-order chi connectivity index (χ1) is 12.2. The smallest absolute Gasteiger partial charge is 0.124 e. The van der Waals surface area contributed by atoms with E-state index in [2.05, 4.69) is 5.32 Å². The molecule has 2 aromatic carbocycles. The molecule has 6 heteroatoms. The van der Waals surface area contributed by atoms with Crippen molar-refractivity contribution in [3.05, 3.63) is 46.5 Å². The van der Waals surface area contributed by atoms with Gasteiger partial charge in [0.25, 0.3) is 0 Å². The summed E-state index contributed by atoms with van der Waals surface area (Å²) in [6, 6.07) is 8.10. The summed E-state index contributed by atoms with van der Waals surface area (Å²) in [5, 5.41) is 3.67. The summed E-state index contributed by atoms with van der Waals surface area (Å²) in [5.74, 6) is 3.70. The monoisotopic (exact) mass is 377 g/mol. The molecule has 0 aromatic heterocycles. The Kier molecular flexibility index (Phi) is 5.21. The largest absolute Gasteiger partial charge is 0.496 e. The highest BCUT2D eigenvalue weighted by molar-refractivity contribution is 5.85. The predicted octanol–water partition coefficient (Wildman–Crippen LogP) is 3.48. The second kappa shape index (κ2) is 7.25. The molecule has 0 saturated heterocycles. The number of rotatable bonds is 4. The van der Waals surface area contributed by atoms with Crippen LogP contribution >= 0.6 is 12.4 Å². The van der Waals surface area contributed by atoms with E-state index < -0.39 is 0 Å². The number of benzene rings is 2. The van der Waals surface area contributed by atoms with Crippen molar-refractivity contribution in [2.45, 2.75) is 18.4 Å². The van der Waals surface area contributed by atoms with E-state index in [0.29, 0.717) is 0 Å². The molecule has 1 aliphatic carbocycles. The predicted molar refractivity (Wildman–Crippen MR) is 103 cm³/mol. The highest BCUT2D eigenvalue weighted by Crippen LogP contribution is 2.52. The van der Waals surface area contributed by atoms with Gasteiger partial charge in [0, 0.05) is 40.8 Å². The standard InChI is InChI=1S/C20H23NO4.ClH/c1-22-14-5-6-15(23-2)18-11(14)9-13-20-17(25-4)8-7-16(24-3)19(20)12(18)10-21-13;/h5-8,12-13,21H,9-10H2,1-4H3;1H/t12-,13+;/m1./s1. The quantitative estimate of drug-likeness (QED) is 0.884. The highest BCUT2D eigenvalue weighted by Gasteiger charge is 2.40. The summed E-state index contributed by atoms with van der Waals surface area (Å²) >= 11 is 0. The van der Waals surface area contributed by atoms with Crippen LogP contribution in [0.1, 0.15) is 34.2 Å². The fraction of sp³-hybridized carbons (Fsp3) is 0.400. The van der Waals surface area contributed by atoms with Gasteiger partial charge in [-0.05, 0) is 30.7 Å². The van der Waals surface area contributed by atoms with Crippen molar-refractivity contribution in [1.29, 1.82) is 0 Å². The number of hydrogen-bond acceptors (Lipinski definition) is 5. The van der Waals surface area contributed by atoms with Crippen molar-refractivity contribution < 1.29 is 18.9 Å². The fourth-order valence-corrected chi connectivity index (χ4v) is 4.35. The van der Waals surface area contributed by atoms with Crippen LogP contribution in [0.2, 0.25) is 0 Å². The van der Waals surface area contributed by atoms with E-state index in [4.69, 9.17) is 18.9 Å². The van der Waals surface area contributed by atoms with Crippen LogP contribution in [0.3, 0.4) is 0 Å². The average Bonchev–Trinajstić information content (AvgIpc) is 2.94. The molecule has 0 amide bonds. The molecule has 2 bridgehead atoms. The van der Waals surface area contributed by atoms with Crippen LogP contribution in [0.5, 0.6) is 23.0 Å². The normalized spacial score (nSPS) is 19.5. The molecule has 0 spiro atoms. The van der Waals surface area contributed by atoms with Crippen LogP contribution in [0.25, 0.3) is 0 Å². The van der Waals surface area contributed by atoms with Crippen molar-refractivity contribution >= 4 is 12.4 Å². The number of fused-ring (bicyclic) bond motifs is 1. The molecule has 0 fully saturated rings. The zero-order valence-electron chi connectivity index (χ0n) is 15.4. The second-order valence-electron chi connectivity index (χ2n) is 6.38. The maximum atomic E-state index is 5.71. The molecule has 26 heavy (non-hydrogen) atoms. The van der Waals surface area contributed by atoms with Gasteiger partial charge < -0.3 is 24.3 Å². The van der Waals surface area contributed by atoms with Gasteiger partial charge in [-0.3, -0.25) is 0 Å². The number of halogens is 1. The molecule has 5 rings (SSSR count). The maximum absolute atomic E-state index is 5.71. The molecule has 0 unspecified atom stereocenters. The van der Waals surface area contributed by atoms with Crippen molar-refractivity contribution in [1.82, 2.24) is 5.32 Å². The second-order valence-corrected chi connectivity index (χ2v) is 6.38. The summed E-state index contributed by atoms with van der Waals surface area (Å²) in [7, 11) is 6.87. The lowest BCUT2D eigenvalue weighted by Gasteiger charge is -2.32. The molecule has 2 aromatic rings. The number of methoxy groups -OCH3 is 4. The van der Waals surface area contributed by atoms with Crippen LogP contribution in [0, 0.1) is 0 Å². The molecule has 2 atom stereocenters. The zero-order chi connectivity index (χ0) is 17.6. The van der Waals surface area contributed by atoms with E-state index in [1.54, 1.807) is 28.4 Å². The first-order valence-corrected chi connectivity index (χ1v) is 8.45. The zero-order valence-corrected chi connectivity index (χ0v) is 16.2. The third-order valence-electron chi connectivity index (χ3n) is 5.38. The Balaban J connectivity index is 0.00000196. The van der Waals surface area contributed by atoms with Gasteiger partial charge in [0.2, 0.25) is 0 Å². The summed E-state index contributed by atoms with van der Waals surface area (Å²) in [6.07, 6.45) is 0.822. The molecule has 3 aliphatic rings. The summed E-state index contributed by atoms with van der Waals surface area (Å²) < 4.78 is 22.8. The molecule has 1 N–H and O–H groups in total. The lowest BCUT2D eigenvalue weighted by molar-refractivity contribution is 0.370. The minimum Gasteiger partial charge on any atom is -0.496 e. The maximum Gasteiger partial charge on any atom is 0.124 e. The van der Waals surface area contributed by atoms with Crippen LogP contribution < -0.4 is 24.3 Å². The van der Waals surface area contributed by atoms with Crippen molar-refractivity contribution in [3.8, 4) is 23.0 Å². The van der Waals surface area contributed by atoms with Gasteiger partial charge in [-0.15, -0.1) is 12.4 Å². The molecule has 0 saturated carbocycles. The van der Waals surface area contributed by atoms with Gasteiger partial charge in [-0.25, -0.2) is 0 Å². The first-order valence-electron chi connectivity index (χ1n) is 8.45. The Morgan fingerprint density at radius 3 is 1.81 bits per heavy atom. The van der Waals surface area contributed by atoms with Crippen molar-refractivity contribution in [2.75, 3.05) is 35.0 Å². The van der Waals surface area contributed by atoms with Gasteiger partial charge >= 0.3 is 0 Å². The van der Waals surface area contributed by atoms with Crippen LogP contribution in [0.15, 0.2) is 24.3 Å². The SMILES string of the molecule is COc1ccc(OC)c2c1C[C@@H]1NC[C@H]2c2c(OC)ccc(OC)c21.Cl. The Labute approximate surface area is 160 Å². The first kappa shape index (κ1) is 18.7. The van der Waals surface area contributed by atoms with Crippen molar-refractivity contribution in [2.24, 2.45) is 0 Å². The van der Waals surface area contributed by atoms with Crippen LogP contribution in [-0.2, 0) is 6.42 Å². The van der Waals surface area contributed by atoms with Gasteiger partial charge in [0.15, 0.2) is 0 Å². The Bertz CT molecular complexity index is 824. The molecular formula is C20H24ClNO4. The summed E-state index contributed by atoms with van der Waals surface area (Å²) in [6.45, 7) is 0.831. The fourth-order valence-electron chi connectivity index (χ4n) is 4.35. The Morgan fingerprint density at radius 2 is 1.23 bits per heavy atom. The van der Waals surface area contributed by atoms with E-state index >= 15 is 0 Å². The molecule has 0 radical (unpaired) electrons. The summed E-state index contributed by atoms with van der Waals surface area (Å²) in [4.78, 5) is 0. The molecule has 2 heterocycles. The van der Waals surface area contributed by atoms with E-state index in [1.807, 2.05) is 24.3 Å².